The summed E-state index contributed by atoms with van der Waals surface area (Å²) in [4.78, 5) is 0. The molecule has 0 N–H and O–H groups in total. The first kappa shape index (κ1) is 12.1. The maximum Gasteiger partial charge on any atom is 0.0285 e. The first-order valence-corrected chi connectivity index (χ1v) is 6.61. The van der Waals surface area contributed by atoms with Crippen molar-refractivity contribution in [3.05, 3.63) is 71.8 Å². The average molecular weight is 287 g/mol. The van der Waals surface area contributed by atoms with Crippen LogP contribution in [-0.2, 0) is 0 Å². The van der Waals surface area contributed by atoms with Crippen LogP contribution in [0.4, 0.5) is 0 Å². The van der Waals surface area contributed by atoms with Gasteiger partial charge in [-0.15, -0.1) is 0 Å². The molecule has 1 heteroatoms. The smallest absolute Gasteiger partial charge is 0.0285 e. The van der Waals surface area contributed by atoms with E-state index < -0.39 is 0 Å². The van der Waals surface area contributed by atoms with Gasteiger partial charge in [0.05, 0.1) is 0 Å². The van der Waals surface area contributed by atoms with Gasteiger partial charge in [0, 0.05) is 4.48 Å². The maximum atomic E-state index is 3.73. The highest BCUT2D eigenvalue weighted by Gasteiger charge is 2.06. The minimum absolute atomic E-state index is 1.01. The van der Waals surface area contributed by atoms with Crippen LogP contribution in [0.2, 0.25) is 0 Å². The predicted molar refractivity (Wildman–Crippen MR) is 78.9 cm³/mol. The standard InChI is InChI=1S/C16H15Br/c1-2-15(13-9-5-3-6-10-13)16(17)14-11-7-4-8-12-14/h3-12H,2H2,1H3. The highest BCUT2D eigenvalue weighted by Crippen LogP contribution is 2.32. The lowest BCUT2D eigenvalue weighted by Crippen LogP contribution is -1.86. The Morgan fingerprint density at radius 2 is 1.29 bits per heavy atom. The molecule has 0 radical (unpaired) electrons. The zero-order chi connectivity index (χ0) is 12.1. The van der Waals surface area contributed by atoms with Crippen molar-refractivity contribution < 1.29 is 0 Å². The van der Waals surface area contributed by atoms with E-state index in [1.807, 2.05) is 12.1 Å². The fourth-order valence-corrected chi connectivity index (χ4v) is 2.66. The van der Waals surface area contributed by atoms with E-state index in [9.17, 15) is 0 Å². The van der Waals surface area contributed by atoms with Crippen molar-refractivity contribution in [2.75, 3.05) is 0 Å². The number of hydrogen-bond acceptors (Lipinski definition) is 0. The molecule has 0 fully saturated rings. The molecular formula is C16H15Br. The lowest BCUT2D eigenvalue weighted by atomic mass is 10.0. The SMILES string of the molecule is CCC(=C(Br)c1ccccc1)c1ccccc1. The molecule has 0 saturated heterocycles. The normalized spacial score (nSPS) is 12.1. The fourth-order valence-electron chi connectivity index (χ4n) is 1.88. The van der Waals surface area contributed by atoms with E-state index in [-0.39, 0.29) is 0 Å². The van der Waals surface area contributed by atoms with Gasteiger partial charge in [-0.25, -0.2) is 0 Å². The Kier molecular flexibility index (Phi) is 4.16. The fraction of sp³-hybridized carbons (Fsp3) is 0.125. The molecule has 0 atom stereocenters. The summed E-state index contributed by atoms with van der Waals surface area (Å²) in [5, 5.41) is 0. The first-order chi connectivity index (χ1) is 8.33. The minimum atomic E-state index is 1.01. The molecule has 0 nitrogen and oxygen atoms in total. The Bertz CT molecular complexity index is 498. The molecule has 0 amide bonds. The summed E-state index contributed by atoms with van der Waals surface area (Å²) in [7, 11) is 0. The molecule has 0 saturated carbocycles. The van der Waals surface area contributed by atoms with Crippen LogP contribution in [-0.4, -0.2) is 0 Å². The van der Waals surface area contributed by atoms with Crippen LogP contribution >= 0.6 is 15.9 Å². The second kappa shape index (κ2) is 5.83. The molecule has 0 spiro atoms. The highest BCUT2D eigenvalue weighted by molar-refractivity contribution is 9.15. The summed E-state index contributed by atoms with van der Waals surface area (Å²) in [5.41, 5.74) is 3.86. The highest BCUT2D eigenvalue weighted by atomic mass is 79.9. The molecule has 86 valence electrons. The number of halogens is 1. The quantitative estimate of drug-likeness (QED) is 0.667. The molecule has 0 heterocycles. The third-order valence-electron chi connectivity index (χ3n) is 2.77. The third-order valence-corrected chi connectivity index (χ3v) is 3.70. The molecule has 2 aromatic rings. The molecule has 2 aromatic carbocycles. The monoisotopic (exact) mass is 286 g/mol. The van der Waals surface area contributed by atoms with Crippen LogP contribution in [0.25, 0.3) is 10.1 Å². The number of hydrogen-bond donors (Lipinski definition) is 0. The number of allylic oxidation sites excluding steroid dienone is 1. The van der Waals surface area contributed by atoms with Crippen molar-refractivity contribution in [2.45, 2.75) is 13.3 Å². The Hall–Kier alpha value is -1.34. The first-order valence-electron chi connectivity index (χ1n) is 5.82. The molecule has 0 aliphatic rings. The van der Waals surface area contributed by atoms with Gasteiger partial charge in [-0.05, 0) is 39.1 Å². The van der Waals surface area contributed by atoms with Crippen molar-refractivity contribution >= 4 is 26.0 Å². The van der Waals surface area contributed by atoms with Crippen LogP contribution in [0.15, 0.2) is 60.7 Å². The van der Waals surface area contributed by atoms with Gasteiger partial charge in [0.25, 0.3) is 0 Å². The van der Waals surface area contributed by atoms with E-state index >= 15 is 0 Å². The summed E-state index contributed by atoms with van der Waals surface area (Å²) in [5.74, 6) is 0. The lowest BCUT2D eigenvalue weighted by Gasteiger charge is -2.09. The molecule has 2 rings (SSSR count). The van der Waals surface area contributed by atoms with Gasteiger partial charge in [-0.2, -0.15) is 0 Å². The van der Waals surface area contributed by atoms with Gasteiger partial charge in [0.2, 0.25) is 0 Å². The second-order valence-corrected chi connectivity index (χ2v) is 4.67. The molecule has 17 heavy (non-hydrogen) atoms. The summed E-state index contributed by atoms with van der Waals surface area (Å²) in [6, 6.07) is 20.9. The summed E-state index contributed by atoms with van der Waals surface area (Å²) in [6.45, 7) is 2.19. The van der Waals surface area contributed by atoms with E-state index in [1.54, 1.807) is 0 Å². The molecule has 0 aliphatic heterocycles. The Morgan fingerprint density at radius 3 is 1.76 bits per heavy atom. The van der Waals surface area contributed by atoms with Crippen molar-refractivity contribution in [1.82, 2.24) is 0 Å². The minimum Gasteiger partial charge on any atom is -0.0622 e. The maximum absolute atomic E-state index is 3.73. The summed E-state index contributed by atoms with van der Waals surface area (Å²) >= 11 is 3.73. The zero-order valence-electron chi connectivity index (χ0n) is 9.86. The van der Waals surface area contributed by atoms with Crippen LogP contribution in [0, 0.1) is 0 Å². The van der Waals surface area contributed by atoms with Gasteiger partial charge < -0.3 is 0 Å². The van der Waals surface area contributed by atoms with E-state index in [1.165, 1.54) is 21.2 Å². The Labute approximate surface area is 111 Å². The van der Waals surface area contributed by atoms with E-state index in [0.717, 1.165) is 6.42 Å². The van der Waals surface area contributed by atoms with Gasteiger partial charge in [-0.3, -0.25) is 0 Å². The van der Waals surface area contributed by atoms with Crippen LogP contribution in [0.3, 0.4) is 0 Å². The van der Waals surface area contributed by atoms with Crippen LogP contribution in [0.1, 0.15) is 24.5 Å². The summed E-state index contributed by atoms with van der Waals surface area (Å²) < 4.78 is 1.19. The summed E-state index contributed by atoms with van der Waals surface area (Å²) in [6.07, 6.45) is 1.01. The molecule has 0 bridgehead atoms. The molecule has 0 aromatic heterocycles. The van der Waals surface area contributed by atoms with E-state index in [4.69, 9.17) is 0 Å². The molecule has 0 unspecified atom stereocenters. The van der Waals surface area contributed by atoms with E-state index in [2.05, 4.69) is 71.4 Å². The average Bonchev–Trinajstić information content (AvgIpc) is 2.42. The van der Waals surface area contributed by atoms with Gasteiger partial charge >= 0.3 is 0 Å². The molecule has 0 aliphatic carbocycles. The van der Waals surface area contributed by atoms with Crippen molar-refractivity contribution in [3.63, 3.8) is 0 Å². The van der Waals surface area contributed by atoms with Gasteiger partial charge in [-0.1, -0.05) is 67.6 Å². The van der Waals surface area contributed by atoms with Crippen molar-refractivity contribution in [2.24, 2.45) is 0 Å². The zero-order valence-corrected chi connectivity index (χ0v) is 11.4. The Balaban J connectivity index is 2.48. The second-order valence-electron chi connectivity index (χ2n) is 3.88. The van der Waals surface area contributed by atoms with Crippen molar-refractivity contribution in [1.29, 1.82) is 0 Å². The van der Waals surface area contributed by atoms with Gasteiger partial charge in [0.15, 0.2) is 0 Å². The predicted octanol–water partition coefficient (Wildman–Crippen LogP) is 5.36. The topological polar surface area (TPSA) is 0 Å². The molecular weight excluding hydrogens is 272 g/mol. The largest absolute Gasteiger partial charge is 0.0622 e. The van der Waals surface area contributed by atoms with Crippen LogP contribution in [0.5, 0.6) is 0 Å². The van der Waals surface area contributed by atoms with Crippen LogP contribution < -0.4 is 0 Å². The third kappa shape index (κ3) is 2.86. The Morgan fingerprint density at radius 1 is 0.824 bits per heavy atom. The van der Waals surface area contributed by atoms with Crippen molar-refractivity contribution in [3.8, 4) is 0 Å². The lowest BCUT2D eigenvalue weighted by molar-refractivity contribution is 1.24. The number of benzene rings is 2. The van der Waals surface area contributed by atoms with Gasteiger partial charge in [0.1, 0.15) is 0 Å². The van der Waals surface area contributed by atoms with E-state index in [0.29, 0.717) is 0 Å². The number of rotatable bonds is 3.